The monoisotopic (exact) mass is 474 g/mol. The Morgan fingerprint density at radius 2 is 1.43 bits per heavy atom. The summed E-state index contributed by atoms with van der Waals surface area (Å²) in [6.07, 6.45) is 0.408. The van der Waals surface area contributed by atoms with Gasteiger partial charge in [0.1, 0.15) is 11.6 Å². The van der Waals surface area contributed by atoms with Crippen molar-refractivity contribution in [2.75, 3.05) is 28.6 Å². The molecule has 4 rings (SSSR count). The van der Waals surface area contributed by atoms with Gasteiger partial charge in [0.05, 0.1) is 11.4 Å². The molecule has 0 fully saturated rings. The van der Waals surface area contributed by atoms with Gasteiger partial charge in [0, 0.05) is 24.2 Å². The maximum Gasteiger partial charge on any atom is 0.326 e. The fourth-order valence-corrected chi connectivity index (χ4v) is 3.65. The molecule has 35 heavy (non-hydrogen) atoms. The largest absolute Gasteiger partial charge is 0.338 e. The average Bonchev–Trinajstić information content (AvgIpc) is 2.86. The summed E-state index contributed by atoms with van der Waals surface area (Å²) in [4.78, 5) is 26.7. The van der Waals surface area contributed by atoms with Crippen molar-refractivity contribution < 1.29 is 18.4 Å². The number of nitrogens with one attached hydrogen (secondary N) is 3. The van der Waals surface area contributed by atoms with E-state index in [0.717, 1.165) is 10.8 Å². The van der Waals surface area contributed by atoms with E-state index in [0.29, 0.717) is 17.8 Å². The smallest absolute Gasteiger partial charge is 0.326 e. The van der Waals surface area contributed by atoms with E-state index in [1.54, 1.807) is 6.07 Å². The van der Waals surface area contributed by atoms with E-state index in [-0.39, 0.29) is 24.8 Å². The van der Waals surface area contributed by atoms with Gasteiger partial charge < -0.3 is 16.0 Å². The van der Waals surface area contributed by atoms with Gasteiger partial charge in [-0.3, -0.25) is 4.90 Å². The van der Waals surface area contributed by atoms with Crippen LogP contribution in [0.15, 0.2) is 91.0 Å². The molecule has 0 atom stereocenters. The molecule has 0 aliphatic carbocycles. The first-order valence-electron chi connectivity index (χ1n) is 11.1. The molecule has 0 aliphatic heterocycles. The Morgan fingerprint density at radius 1 is 0.743 bits per heavy atom. The molecule has 0 radical (unpaired) electrons. The second-order valence-corrected chi connectivity index (χ2v) is 7.80. The van der Waals surface area contributed by atoms with Crippen molar-refractivity contribution in [3.8, 4) is 0 Å². The van der Waals surface area contributed by atoms with E-state index in [9.17, 15) is 18.4 Å². The third-order valence-corrected chi connectivity index (χ3v) is 5.38. The zero-order valence-corrected chi connectivity index (χ0v) is 18.8. The fraction of sp³-hybridized carbons (Fsp3) is 0.111. The highest BCUT2D eigenvalue weighted by Gasteiger charge is 2.17. The van der Waals surface area contributed by atoms with Crippen LogP contribution in [0.4, 0.5) is 35.4 Å². The standard InChI is InChI=1S/C27H24F2N4O2/c28-20-13-15-21(16-14-20)33(27(35)32-25-11-4-3-10-23(25)29)18-6-17-30-26(34)31-24-12-5-8-19-7-1-2-9-22(19)24/h1-5,7-16H,6,17-18H2,(H,32,35)(H2,30,31,34). The van der Waals surface area contributed by atoms with E-state index >= 15 is 0 Å². The van der Waals surface area contributed by atoms with Crippen molar-refractivity contribution in [3.63, 3.8) is 0 Å². The highest BCUT2D eigenvalue weighted by molar-refractivity contribution is 6.02. The highest BCUT2D eigenvalue weighted by atomic mass is 19.1. The van der Waals surface area contributed by atoms with Crippen LogP contribution in [0.5, 0.6) is 0 Å². The SMILES string of the molecule is O=C(NCCCN(C(=O)Nc1ccccc1F)c1ccc(F)cc1)Nc1cccc2ccccc12. The zero-order valence-electron chi connectivity index (χ0n) is 18.8. The minimum absolute atomic E-state index is 0.0391. The predicted octanol–water partition coefficient (Wildman–Crippen LogP) is 6.37. The first-order chi connectivity index (χ1) is 17.0. The van der Waals surface area contributed by atoms with Crippen molar-refractivity contribution in [1.29, 1.82) is 0 Å². The van der Waals surface area contributed by atoms with Crippen LogP contribution in [0.25, 0.3) is 10.8 Å². The lowest BCUT2D eigenvalue weighted by Crippen LogP contribution is -2.38. The van der Waals surface area contributed by atoms with Gasteiger partial charge in [-0.2, -0.15) is 0 Å². The topological polar surface area (TPSA) is 73.5 Å². The number of fused-ring (bicyclic) bond motifs is 1. The second-order valence-electron chi connectivity index (χ2n) is 7.80. The third kappa shape index (κ3) is 6.11. The molecule has 0 spiro atoms. The fourth-order valence-electron chi connectivity index (χ4n) is 3.65. The van der Waals surface area contributed by atoms with Gasteiger partial charge in [-0.05, 0) is 54.3 Å². The van der Waals surface area contributed by atoms with E-state index in [1.807, 2.05) is 42.5 Å². The summed E-state index contributed by atoms with van der Waals surface area (Å²) in [6, 6.07) is 23.7. The molecule has 3 N–H and O–H groups in total. The number of benzene rings is 4. The van der Waals surface area contributed by atoms with Gasteiger partial charge in [-0.15, -0.1) is 0 Å². The summed E-state index contributed by atoms with van der Waals surface area (Å²) in [5.74, 6) is -0.998. The lowest BCUT2D eigenvalue weighted by molar-refractivity contribution is 0.252. The molecular weight excluding hydrogens is 450 g/mol. The second kappa shape index (κ2) is 11.1. The van der Waals surface area contributed by atoms with Crippen LogP contribution in [-0.4, -0.2) is 25.2 Å². The molecule has 0 saturated carbocycles. The Kier molecular flexibility index (Phi) is 7.52. The number of hydrogen-bond acceptors (Lipinski definition) is 2. The van der Waals surface area contributed by atoms with Crippen LogP contribution in [0.3, 0.4) is 0 Å². The predicted molar refractivity (Wildman–Crippen MR) is 135 cm³/mol. The molecule has 178 valence electrons. The molecule has 0 aliphatic rings. The Morgan fingerprint density at radius 3 is 2.23 bits per heavy atom. The minimum Gasteiger partial charge on any atom is -0.338 e. The van der Waals surface area contributed by atoms with Gasteiger partial charge >= 0.3 is 12.1 Å². The summed E-state index contributed by atoms with van der Waals surface area (Å²) in [5, 5.41) is 10.1. The summed E-state index contributed by atoms with van der Waals surface area (Å²) < 4.78 is 27.4. The Hall–Kier alpha value is -4.46. The van der Waals surface area contributed by atoms with Gasteiger partial charge in [-0.1, -0.05) is 48.5 Å². The van der Waals surface area contributed by atoms with Crippen molar-refractivity contribution in [2.24, 2.45) is 0 Å². The highest BCUT2D eigenvalue weighted by Crippen LogP contribution is 2.23. The molecule has 0 unspecified atom stereocenters. The number of rotatable bonds is 7. The number of hydrogen-bond donors (Lipinski definition) is 3. The third-order valence-electron chi connectivity index (χ3n) is 5.38. The maximum absolute atomic E-state index is 14.0. The quantitative estimate of drug-likeness (QED) is 0.272. The Balaban J connectivity index is 1.36. The zero-order chi connectivity index (χ0) is 24.6. The average molecular weight is 475 g/mol. The minimum atomic E-state index is -0.568. The summed E-state index contributed by atoms with van der Waals surface area (Å²) in [6.45, 7) is 0.488. The molecule has 0 saturated heterocycles. The van der Waals surface area contributed by atoms with E-state index in [2.05, 4.69) is 16.0 Å². The summed E-state index contributed by atoms with van der Waals surface area (Å²) in [5.41, 5.74) is 1.18. The molecular formula is C27H24F2N4O2. The van der Waals surface area contributed by atoms with E-state index in [1.165, 1.54) is 47.4 Å². The van der Waals surface area contributed by atoms with Gasteiger partial charge in [0.2, 0.25) is 0 Å². The lowest BCUT2D eigenvalue weighted by Gasteiger charge is -2.23. The normalized spacial score (nSPS) is 10.6. The number of amides is 4. The van der Waals surface area contributed by atoms with Gasteiger partial charge in [-0.25, -0.2) is 18.4 Å². The van der Waals surface area contributed by atoms with Crippen LogP contribution < -0.4 is 20.9 Å². The molecule has 0 heterocycles. The van der Waals surface area contributed by atoms with Crippen molar-refractivity contribution >= 4 is 39.9 Å². The van der Waals surface area contributed by atoms with Crippen molar-refractivity contribution in [2.45, 2.75) is 6.42 Å². The molecule has 8 heteroatoms. The first kappa shape index (κ1) is 23.7. The first-order valence-corrected chi connectivity index (χ1v) is 11.1. The molecule has 6 nitrogen and oxygen atoms in total. The van der Waals surface area contributed by atoms with Gasteiger partial charge in [0.15, 0.2) is 0 Å². The lowest BCUT2D eigenvalue weighted by atomic mass is 10.1. The maximum atomic E-state index is 14.0. The molecule has 4 amide bonds. The van der Waals surface area contributed by atoms with E-state index in [4.69, 9.17) is 0 Å². The summed E-state index contributed by atoms with van der Waals surface area (Å²) in [7, 11) is 0. The van der Waals surface area contributed by atoms with Crippen molar-refractivity contribution in [3.05, 3.63) is 103 Å². The molecule has 4 aromatic carbocycles. The molecule has 0 bridgehead atoms. The number of halogens is 2. The number of urea groups is 2. The van der Waals surface area contributed by atoms with Crippen LogP contribution in [-0.2, 0) is 0 Å². The molecule has 0 aromatic heterocycles. The van der Waals surface area contributed by atoms with Gasteiger partial charge in [0.25, 0.3) is 0 Å². The number of anilines is 3. The number of carbonyl (C=O) groups is 2. The number of carbonyl (C=O) groups excluding carboxylic acids is 2. The Labute approximate surface area is 201 Å². The Bertz CT molecular complexity index is 1320. The molecule has 4 aromatic rings. The van der Waals surface area contributed by atoms with Crippen LogP contribution in [0.1, 0.15) is 6.42 Å². The van der Waals surface area contributed by atoms with Crippen LogP contribution >= 0.6 is 0 Å². The van der Waals surface area contributed by atoms with Crippen LogP contribution in [0, 0.1) is 11.6 Å². The van der Waals surface area contributed by atoms with Crippen LogP contribution in [0.2, 0.25) is 0 Å². The number of nitrogens with zero attached hydrogens (tertiary/aromatic N) is 1. The summed E-state index contributed by atoms with van der Waals surface area (Å²) >= 11 is 0. The number of para-hydroxylation sites is 1. The van der Waals surface area contributed by atoms with Crippen molar-refractivity contribution in [1.82, 2.24) is 5.32 Å². The van der Waals surface area contributed by atoms with E-state index < -0.39 is 17.7 Å².